The minimum absolute atomic E-state index is 0.286. The first kappa shape index (κ1) is 10.6. The van der Waals surface area contributed by atoms with Gasteiger partial charge in [0.15, 0.2) is 0 Å². The van der Waals surface area contributed by atoms with Gasteiger partial charge in [0.05, 0.1) is 12.1 Å². The molecule has 0 bridgehead atoms. The molecule has 0 spiro atoms. The van der Waals surface area contributed by atoms with Crippen molar-refractivity contribution in [3.63, 3.8) is 0 Å². The molecule has 0 radical (unpaired) electrons. The number of azide groups is 1. The van der Waals surface area contributed by atoms with Crippen molar-refractivity contribution in [3.05, 3.63) is 10.4 Å². The maximum Gasteiger partial charge on any atom is 0.407 e. The Balaban J connectivity index is 2.61. The lowest BCUT2D eigenvalue weighted by Crippen LogP contribution is -2.30. The number of carbonyl (C=O) groups is 1. The smallest absolute Gasteiger partial charge is 0.407 e. The first-order valence-corrected chi connectivity index (χ1v) is 4.35. The number of rotatable bonds is 1. The lowest BCUT2D eigenvalue weighted by atomic mass is 10.1. The second-order valence-electron chi connectivity index (χ2n) is 3.19. The van der Waals surface area contributed by atoms with Crippen LogP contribution < -0.4 is 0 Å². The van der Waals surface area contributed by atoms with Gasteiger partial charge in [0.1, 0.15) is 0 Å². The van der Waals surface area contributed by atoms with Crippen LogP contribution in [0, 0.1) is 0 Å². The van der Waals surface area contributed by atoms with E-state index in [0.717, 1.165) is 0 Å². The number of likely N-dealkylation sites (tertiary alicyclic amines) is 1. The standard InChI is InChI=1S/C7H12N4O3/c8-10-9-5-1-3-11(7(13)14)4-2-6(5)12/h5-6,12H,1-4H2,(H,13,14). The van der Waals surface area contributed by atoms with E-state index in [1.165, 1.54) is 4.90 Å². The SMILES string of the molecule is [N-]=[N+]=NC1CCN(C(=O)O)CCC1O. The highest BCUT2D eigenvalue weighted by Gasteiger charge is 2.25. The molecule has 1 rings (SSSR count). The molecule has 1 amide bonds. The van der Waals surface area contributed by atoms with Crippen molar-refractivity contribution in [2.24, 2.45) is 5.11 Å². The molecular weight excluding hydrogens is 188 g/mol. The molecule has 1 fully saturated rings. The Morgan fingerprint density at radius 2 is 2.14 bits per heavy atom. The molecule has 2 N–H and O–H groups in total. The van der Waals surface area contributed by atoms with Gasteiger partial charge in [-0.3, -0.25) is 0 Å². The van der Waals surface area contributed by atoms with E-state index in [2.05, 4.69) is 10.0 Å². The van der Waals surface area contributed by atoms with E-state index >= 15 is 0 Å². The van der Waals surface area contributed by atoms with Gasteiger partial charge in [-0.05, 0) is 18.4 Å². The Bertz CT molecular complexity index is 264. The number of carboxylic acid groups (broad SMARTS) is 1. The predicted octanol–water partition coefficient (Wildman–Crippen LogP) is 0.800. The molecule has 1 heterocycles. The normalized spacial score (nSPS) is 27.6. The summed E-state index contributed by atoms with van der Waals surface area (Å²) in [6, 6.07) is -0.510. The van der Waals surface area contributed by atoms with E-state index in [0.29, 0.717) is 19.4 Å². The van der Waals surface area contributed by atoms with Crippen LogP contribution in [0.1, 0.15) is 12.8 Å². The molecule has 0 aromatic rings. The zero-order valence-electron chi connectivity index (χ0n) is 7.57. The molecule has 2 unspecified atom stereocenters. The molecule has 2 atom stereocenters. The molecule has 1 aliphatic heterocycles. The average Bonchev–Trinajstić information content (AvgIpc) is 2.30. The third-order valence-corrected chi connectivity index (χ3v) is 2.30. The first-order chi connectivity index (χ1) is 6.65. The molecule has 1 aliphatic rings. The highest BCUT2D eigenvalue weighted by molar-refractivity contribution is 5.64. The summed E-state index contributed by atoms with van der Waals surface area (Å²) in [7, 11) is 0. The highest BCUT2D eigenvalue weighted by Crippen LogP contribution is 2.15. The third kappa shape index (κ3) is 2.51. The molecule has 7 heteroatoms. The second kappa shape index (κ2) is 4.69. The topological polar surface area (TPSA) is 110 Å². The van der Waals surface area contributed by atoms with Gasteiger partial charge in [0, 0.05) is 18.0 Å². The summed E-state index contributed by atoms with van der Waals surface area (Å²) in [6.45, 7) is 0.587. The van der Waals surface area contributed by atoms with Gasteiger partial charge < -0.3 is 15.1 Å². The average molecular weight is 200 g/mol. The fourth-order valence-corrected chi connectivity index (χ4v) is 1.47. The second-order valence-corrected chi connectivity index (χ2v) is 3.19. The van der Waals surface area contributed by atoms with E-state index in [1.807, 2.05) is 0 Å². The van der Waals surface area contributed by atoms with Crippen LogP contribution in [0.2, 0.25) is 0 Å². The van der Waals surface area contributed by atoms with Crippen LogP contribution in [-0.4, -0.2) is 46.4 Å². The van der Waals surface area contributed by atoms with Gasteiger partial charge in [-0.25, -0.2) is 4.79 Å². The Hall–Kier alpha value is -1.46. The molecule has 1 saturated heterocycles. The molecule has 0 aromatic carbocycles. The lowest BCUT2D eigenvalue weighted by molar-refractivity contribution is 0.131. The van der Waals surface area contributed by atoms with Gasteiger partial charge >= 0.3 is 6.09 Å². The van der Waals surface area contributed by atoms with Gasteiger partial charge in [-0.2, -0.15) is 0 Å². The number of hydrogen-bond donors (Lipinski definition) is 2. The number of amides is 1. The maximum atomic E-state index is 10.6. The molecule has 0 saturated carbocycles. The van der Waals surface area contributed by atoms with Crippen molar-refractivity contribution in [1.82, 2.24) is 4.90 Å². The summed E-state index contributed by atoms with van der Waals surface area (Å²) in [5.41, 5.74) is 8.22. The molecule has 78 valence electrons. The summed E-state index contributed by atoms with van der Waals surface area (Å²) in [5.74, 6) is 0. The quantitative estimate of drug-likeness (QED) is 0.371. The fourth-order valence-electron chi connectivity index (χ4n) is 1.47. The Morgan fingerprint density at radius 3 is 2.71 bits per heavy atom. The van der Waals surface area contributed by atoms with Gasteiger partial charge in [-0.1, -0.05) is 5.11 Å². The van der Waals surface area contributed by atoms with Gasteiger partial charge in [0.25, 0.3) is 0 Å². The van der Waals surface area contributed by atoms with Crippen LogP contribution in [0.5, 0.6) is 0 Å². The lowest BCUT2D eigenvalue weighted by Gasteiger charge is -2.15. The van der Waals surface area contributed by atoms with Crippen molar-refractivity contribution in [1.29, 1.82) is 0 Å². The Morgan fingerprint density at radius 1 is 1.50 bits per heavy atom. The summed E-state index contributed by atoms with van der Waals surface area (Å²) in [5, 5.41) is 21.6. The monoisotopic (exact) mass is 200 g/mol. The highest BCUT2D eigenvalue weighted by atomic mass is 16.4. The van der Waals surface area contributed by atoms with Crippen LogP contribution in [0.4, 0.5) is 4.79 Å². The number of aliphatic hydroxyl groups excluding tert-OH is 1. The van der Waals surface area contributed by atoms with Crippen molar-refractivity contribution < 1.29 is 15.0 Å². The fraction of sp³-hybridized carbons (Fsp3) is 0.857. The Kier molecular flexibility index (Phi) is 3.55. The number of nitrogens with zero attached hydrogens (tertiary/aromatic N) is 4. The largest absolute Gasteiger partial charge is 0.465 e. The van der Waals surface area contributed by atoms with E-state index in [4.69, 9.17) is 10.6 Å². The minimum Gasteiger partial charge on any atom is -0.465 e. The molecular formula is C7H12N4O3. The Labute approximate surface area is 80.6 Å². The van der Waals surface area contributed by atoms with Gasteiger partial charge in [0.2, 0.25) is 0 Å². The van der Waals surface area contributed by atoms with Crippen molar-refractivity contribution >= 4 is 6.09 Å². The first-order valence-electron chi connectivity index (χ1n) is 4.35. The summed E-state index contributed by atoms with van der Waals surface area (Å²) >= 11 is 0. The minimum atomic E-state index is -1.00. The van der Waals surface area contributed by atoms with E-state index < -0.39 is 18.2 Å². The van der Waals surface area contributed by atoms with Crippen LogP contribution in [0.3, 0.4) is 0 Å². The maximum absolute atomic E-state index is 10.6. The predicted molar refractivity (Wildman–Crippen MR) is 47.8 cm³/mol. The van der Waals surface area contributed by atoms with Crippen molar-refractivity contribution in [3.8, 4) is 0 Å². The van der Waals surface area contributed by atoms with Crippen molar-refractivity contribution in [2.45, 2.75) is 25.0 Å². The van der Waals surface area contributed by atoms with Gasteiger partial charge in [-0.15, -0.1) is 0 Å². The molecule has 0 aromatic heterocycles. The molecule has 7 nitrogen and oxygen atoms in total. The molecule has 0 aliphatic carbocycles. The zero-order chi connectivity index (χ0) is 10.6. The number of aliphatic hydroxyl groups is 1. The zero-order valence-corrected chi connectivity index (χ0v) is 7.57. The van der Waals surface area contributed by atoms with E-state index in [9.17, 15) is 9.90 Å². The van der Waals surface area contributed by atoms with Crippen LogP contribution in [0.25, 0.3) is 10.4 Å². The third-order valence-electron chi connectivity index (χ3n) is 2.30. The van der Waals surface area contributed by atoms with Crippen LogP contribution >= 0.6 is 0 Å². The summed E-state index contributed by atoms with van der Waals surface area (Å²) < 4.78 is 0. The summed E-state index contributed by atoms with van der Waals surface area (Å²) in [6.07, 6.45) is -1.05. The van der Waals surface area contributed by atoms with Crippen LogP contribution in [-0.2, 0) is 0 Å². The molecule has 14 heavy (non-hydrogen) atoms. The number of hydrogen-bond acceptors (Lipinski definition) is 3. The van der Waals surface area contributed by atoms with Crippen molar-refractivity contribution in [2.75, 3.05) is 13.1 Å². The van der Waals surface area contributed by atoms with E-state index in [-0.39, 0.29) is 6.54 Å². The van der Waals surface area contributed by atoms with E-state index in [1.54, 1.807) is 0 Å². The summed E-state index contributed by atoms with van der Waals surface area (Å²) in [4.78, 5) is 14.5. The van der Waals surface area contributed by atoms with Crippen LogP contribution in [0.15, 0.2) is 5.11 Å².